The molecule has 0 radical (unpaired) electrons. The van der Waals surface area contributed by atoms with Crippen molar-refractivity contribution >= 4 is 11.7 Å². The number of nitrogens with zero attached hydrogens (tertiary/aromatic N) is 2. The van der Waals surface area contributed by atoms with Crippen molar-refractivity contribution < 1.29 is 14.0 Å². The Morgan fingerprint density at radius 1 is 0.944 bits per heavy atom. The van der Waals surface area contributed by atoms with Gasteiger partial charge in [-0.15, -0.1) is 0 Å². The summed E-state index contributed by atoms with van der Waals surface area (Å²) in [7, 11) is 0. The van der Waals surface area contributed by atoms with Gasteiger partial charge < -0.3 is 9.32 Å². The van der Waals surface area contributed by atoms with Gasteiger partial charge in [-0.1, -0.05) is 46.8 Å². The fourth-order valence-electron chi connectivity index (χ4n) is 5.21. The molecule has 0 saturated heterocycles. The molecule has 0 atom stereocenters. The molecule has 1 amide bonds. The lowest BCUT2D eigenvalue weighted by Crippen LogP contribution is -2.34. The molecule has 5 nitrogen and oxygen atoms in total. The summed E-state index contributed by atoms with van der Waals surface area (Å²) in [6.45, 7) is 14.3. The van der Waals surface area contributed by atoms with Crippen molar-refractivity contribution in [2.75, 3.05) is 13.1 Å². The van der Waals surface area contributed by atoms with Gasteiger partial charge in [0.15, 0.2) is 11.5 Å². The minimum Gasteiger partial charge on any atom is -0.447 e. The molecule has 1 aliphatic carbocycles. The Hall–Kier alpha value is -3.21. The van der Waals surface area contributed by atoms with Crippen LogP contribution in [0.3, 0.4) is 0 Å². The predicted molar refractivity (Wildman–Crippen MR) is 143 cm³/mol. The summed E-state index contributed by atoms with van der Waals surface area (Å²) in [6, 6.07) is 13.3. The van der Waals surface area contributed by atoms with E-state index in [2.05, 4.69) is 44.8 Å². The van der Waals surface area contributed by atoms with E-state index in [1.165, 1.54) is 11.1 Å². The molecule has 0 fully saturated rings. The van der Waals surface area contributed by atoms with Crippen LogP contribution < -0.4 is 0 Å². The molecular weight excluding hydrogens is 448 g/mol. The number of ketones is 1. The molecule has 2 aromatic heterocycles. The highest BCUT2D eigenvalue weighted by molar-refractivity contribution is 6.09. The van der Waals surface area contributed by atoms with Crippen LogP contribution in [0.5, 0.6) is 0 Å². The third-order valence-corrected chi connectivity index (χ3v) is 7.63. The van der Waals surface area contributed by atoms with Crippen molar-refractivity contribution in [3.05, 3.63) is 88.1 Å². The van der Waals surface area contributed by atoms with Crippen LogP contribution in [-0.4, -0.2) is 34.7 Å². The Morgan fingerprint density at radius 2 is 1.61 bits per heavy atom. The third kappa shape index (κ3) is 5.16. The molecule has 3 aromatic rings. The second kappa shape index (κ2) is 10.0. The summed E-state index contributed by atoms with van der Waals surface area (Å²) in [5.74, 6) is 0.0290. The summed E-state index contributed by atoms with van der Waals surface area (Å²) in [4.78, 5) is 32.9. The molecule has 190 valence electrons. The first-order chi connectivity index (χ1) is 17.0. The van der Waals surface area contributed by atoms with E-state index in [1.807, 2.05) is 32.0 Å². The first kappa shape index (κ1) is 25.9. The Balaban J connectivity index is 1.57. The zero-order chi connectivity index (χ0) is 26.1. The highest BCUT2D eigenvalue weighted by Gasteiger charge is 2.38. The lowest BCUT2D eigenvalue weighted by Gasteiger charge is -2.42. The molecule has 1 aromatic carbocycles. The highest BCUT2D eigenvalue weighted by atomic mass is 16.4. The van der Waals surface area contributed by atoms with Gasteiger partial charge in [-0.2, -0.15) is 0 Å². The lowest BCUT2D eigenvalue weighted by molar-refractivity contribution is 0.0722. The van der Waals surface area contributed by atoms with E-state index >= 15 is 0 Å². The fourth-order valence-corrected chi connectivity index (χ4v) is 5.21. The molecular formula is C31H38N2O3. The van der Waals surface area contributed by atoms with Crippen LogP contribution in [0.2, 0.25) is 0 Å². The first-order valence-electron chi connectivity index (χ1n) is 13.0. The third-order valence-electron chi connectivity index (χ3n) is 7.63. The van der Waals surface area contributed by atoms with Crippen LogP contribution in [0.25, 0.3) is 0 Å². The van der Waals surface area contributed by atoms with Gasteiger partial charge in [0, 0.05) is 37.0 Å². The number of hydrogen-bond acceptors (Lipinski definition) is 4. The molecule has 5 heteroatoms. The van der Waals surface area contributed by atoms with Crippen LogP contribution in [0.4, 0.5) is 0 Å². The van der Waals surface area contributed by atoms with Crippen LogP contribution in [0, 0.1) is 6.92 Å². The van der Waals surface area contributed by atoms with Gasteiger partial charge in [0.25, 0.3) is 5.91 Å². The standard InChI is InChI=1S/C31H38N2O3/c1-7-17-33(18-13-22-10-8-9-16-32-22)29(35)27-12-11-26(36-27)28(34)23-20-25-24(19-21(23)2)30(3,4)14-15-31(25,5)6/h8-12,16,19-20H,7,13-15,17-18H2,1-6H3. The van der Waals surface area contributed by atoms with Crippen LogP contribution in [-0.2, 0) is 17.3 Å². The minimum absolute atomic E-state index is 0.00609. The predicted octanol–water partition coefficient (Wildman–Crippen LogP) is 6.66. The lowest BCUT2D eigenvalue weighted by atomic mass is 9.62. The summed E-state index contributed by atoms with van der Waals surface area (Å²) in [6.07, 6.45) is 5.46. The van der Waals surface area contributed by atoms with Gasteiger partial charge in [-0.05, 0) is 84.0 Å². The molecule has 0 bridgehead atoms. The van der Waals surface area contributed by atoms with Crippen molar-refractivity contribution in [3.63, 3.8) is 0 Å². The fraction of sp³-hybridized carbons (Fsp3) is 0.452. The van der Waals surface area contributed by atoms with Crippen molar-refractivity contribution in [3.8, 4) is 0 Å². The molecule has 1 aliphatic rings. The normalized spacial score (nSPS) is 15.8. The molecule has 0 spiro atoms. The number of benzene rings is 1. The first-order valence-corrected chi connectivity index (χ1v) is 13.0. The van der Waals surface area contributed by atoms with Crippen LogP contribution in [0.1, 0.15) is 103 Å². The maximum absolute atomic E-state index is 13.5. The van der Waals surface area contributed by atoms with E-state index in [9.17, 15) is 9.59 Å². The maximum Gasteiger partial charge on any atom is 0.289 e. The van der Waals surface area contributed by atoms with Crippen molar-refractivity contribution in [2.24, 2.45) is 0 Å². The largest absolute Gasteiger partial charge is 0.447 e. The smallest absolute Gasteiger partial charge is 0.289 e. The molecule has 0 unspecified atom stereocenters. The summed E-state index contributed by atoms with van der Waals surface area (Å²) < 4.78 is 5.88. The molecule has 0 saturated carbocycles. The van der Waals surface area contributed by atoms with Gasteiger partial charge in [-0.25, -0.2) is 0 Å². The van der Waals surface area contributed by atoms with E-state index < -0.39 is 0 Å². The number of aromatic nitrogens is 1. The van der Waals surface area contributed by atoms with E-state index in [0.717, 1.165) is 30.5 Å². The minimum atomic E-state index is -0.197. The summed E-state index contributed by atoms with van der Waals surface area (Å²) >= 11 is 0. The summed E-state index contributed by atoms with van der Waals surface area (Å²) in [5, 5.41) is 0. The second-order valence-electron chi connectivity index (χ2n) is 11.3. The quantitative estimate of drug-likeness (QED) is 0.334. The zero-order valence-corrected chi connectivity index (χ0v) is 22.5. The molecule has 0 aliphatic heterocycles. The molecule has 4 rings (SSSR count). The van der Waals surface area contributed by atoms with E-state index in [4.69, 9.17) is 4.42 Å². The van der Waals surface area contributed by atoms with Gasteiger partial charge in [0.05, 0.1) is 0 Å². The average Bonchev–Trinajstić information content (AvgIpc) is 3.35. The van der Waals surface area contributed by atoms with Crippen molar-refractivity contribution in [1.29, 1.82) is 0 Å². The van der Waals surface area contributed by atoms with Crippen molar-refractivity contribution in [2.45, 2.75) is 78.1 Å². The zero-order valence-electron chi connectivity index (χ0n) is 22.5. The Labute approximate surface area is 214 Å². The van der Waals surface area contributed by atoms with E-state index in [-0.39, 0.29) is 34.0 Å². The maximum atomic E-state index is 13.5. The summed E-state index contributed by atoms with van der Waals surface area (Å²) in [5.41, 5.74) is 5.18. The molecule has 2 heterocycles. The van der Waals surface area contributed by atoms with Crippen LogP contribution in [0.15, 0.2) is 53.1 Å². The Kier molecular flexibility index (Phi) is 7.21. The monoisotopic (exact) mass is 486 g/mol. The number of furan rings is 1. The van der Waals surface area contributed by atoms with Crippen LogP contribution >= 0.6 is 0 Å². The van der Waals surface area contributed by atoms with Gasteiger partial charge in [0.2, 0.25) is 5.78 Å². The number of pyridine rings is 1. The number of aryl methyl sites for hydroxylation is 1. The average molecular weight is 487 g/mol. The van der Waals surface area contributed by atoms with Crippen molar-refractivity contribution in [1.82, 2.24) is 9.88 Å². The van der Waals surface area contributed by atoms with Gasteiger partial charge >= 0.3 is 0 Å². The van der Waals surface area contributed by atoms with Gasteiger partial charge in [0.1, 0.15) is 0 Å². The SMILES string of the molecule is CCCN(CCc1ccccn1)C(=O)c1ccc(C(=O)c2cc3c(cc2C)C(C)(C)CCC3(C)C)o1. The Morgan fingerprint density at radius 3 is 2.25 bits per heavy atom. The number of rotatable bonds is 8. The number of fused-ring (bicyclic) bond motifs is 1. The Bertz CT molecular complexity index is 1250. The number of amides is 1. The number of hydrogen-bond donors (Lipinski definition) is 0. The molecule has 0 N–H and O–H groups in total. The number of carbonyl (C=O) groups is 2. The topological polar surface area (TPSA) is 63.4 Å². The van der Waals surface area contributed by atoms with E-state index in [0.29, 0.717) is 25.1 Å². The molecule has 36 heavy (non-hydrogen) atoms. The van der Waals surface area contributed by atoms with Gasteiger partial charge in [-0.3, -0.25) is 14.6 Å². The van der Waals surface area contributed by atoms with E-state index in [1.54, 1.807) is 23.2 Å². The second-order valence-corrected chi connectivity index (χ2v) is 11.3. The number of carbonyl (C=O) groups excluding carboxylic acids is 2. The highest BCUT2D eigenvalue weighted by Crippen LogP contribution is 2.46.